The summed E-state index contributed by atoms with van der Waals surface area (Å²) >= 11 is 0. The van der Waals surface area contributed by atoms with Crippen molar-refractivity contribution in [3.8, 4) is 0 Å². The van der Waals surface area contributed by atoms with E-state index in [1.807, 2.05) is 20.8 Å². The standard InChI is InChI=1S/C10H19NO3/c1-7(2)9(11-14)5-4-8(3)6-10(12)13/h7-8,14H,4-6H2,1-3H3,(H,12,13)/b11-9-. The Morgan fingerprint density at radius 2 is 1.93 bits per heavy atom. The van der Waals surface area contributed by atoms with Crippen LogP contribution in [0.25, 0.3) is 0 Å². The maximum atomic E-state index is 10.4. The van der Waals surface area contributed by atoms with Crippen molar-refractivity contribution in [3.05, 3.63) is 0 Å². The van der Waals surface area contributed by atoms with Crippen LogP contribution in [0.4, 0.5) is 0 Å². The molecule has 0 bridgehead atoms. The lowest BCUT2D eigenvalue weighted by atomic mass is 9.96. The summed E-state index contributed by atoms with van der Waals surface area (Å²) in [7, 11) is 0. The van der Waals surface area contributed by atoms with Crippen LogP contribution in [-0.4, -0.2) is 22.0 Å². The van der Waals surface area contributed by atoms with Gasteiger partial charge in [-0.15, -0.1) is 0 Å². The molecule has 0 aromatic rings. The Balaban J connectivity index is 3.86. The third kappa shape index (κ3) is 5.56. The van der Waals surface area contributed by atoms with E-state index >= 15 is 0 Å². The highest BCUT2D eigenvalue weighted by Crippen LogP contribution is 2.13. The van der Waals surface area contributed by atoms with Crippen LogP contribution in [0.5, 0.6) is 0 Å². The van der Waals surface area contributed by atoms with Gasteiger partial charge in [0, 0.05) is 6.42 Å². The van der Waals surface area contributed by atoms with Crippen LogP contribution in [0, 0.1) is 11.8 Å². The van der Waals surface area contributed by atoms with Crippen LogP contribution < -0.4 is 0 Å². The molecule has 0 aromatic heterocycles. The molecule has 1 atom stereocenters. The molecule has 0 radical (unpaired) electrons. The van der Waals surface area contributed by atoms with Gasteiger partial charge in [-0.3, -0.25) is 4.79 Å². The lowest BCUT2D eigenvalue weighted by molar-refractivity contribution is -0.138. The van der Waals surface area contributed by atoms with E-state index in [0.717, 1.165) is 12.1 Å². The largest absolute Gasteiger partial charge is 0.481 e. The maximum absolute atomic E-state index is 10.4. The first-order valence-corrected chi connectivity index (χ1v) is 4.90. The van der Waals surface area contributed by atoms with Crippen molar-refractivity contribution in [1.82, 2.24) is 0 Å². The molecule has 0 saturated heterocycles. The quantitative estimate of drug-likeness (QED) is 0.393. The predicted molar refractivity (Wildman–Crippen MR) is 54.7 cm³/mol. The van der Waals surface area contributed by atoms with E-state index in [9.17, 15) is 4.79 Å². The second kappa shape index (κ2) is 6.40. The van der Waals surface area contributed by atoms with Crippen molar-refractivity contribution >= 4 is 11.7 Å². The Bertz CT molecular complexity index is 211. The summed E-state index contributed by atoms with van der Waals surface area (Å²) in [6.07, 6.45) is 1.60. The number of carboxylic acid groups (broad SMARTS) is 1. The van der Waals surface area contributed by atoms with Gasteiger partial charge in [-0.1, -0.05) is 25.9 Å². The smallest absolute Gasteiger partial charge is 0.303 e. The number of oxime groups is 1. The Labute approximate surface area is 84.6 Å². The first-order chi connectivity index (χ1) is 6.47. The Morgan fingerprint density at radius 3 is 2.29 bits per heavy atom. The molecular formula is C10H19NO3. The first-order valence-electron chi connectivity index (χ1n) is 4.90. The van der Waals surface area contributed by atoms with E-state index in [2.05, 4.69) is 5.16 Å². The number of hydrogen-bond acceptors (Lipinski definition) is 3. The zero-order valence-electron chi connectivity index (χ0n) is 9.03. The summed E-state index contributed by atoms with van der Waals surface area (Å²) in [4.78, 5) is 10.4. The SMILES string of the molecule is CC(CC/C(=N/O)C(C)C)CC(=O)O. The molecule has 0 aliphatic heterocycles. The van der Waals surface area contributed by atoms with Crippen molar-refractivity contribution in [3.63, 3.8) is 0 Å². The molecule has 4 heteroatoms. The highest BCUT2D eigenvalue weighted by molar-refractivity contribution is 5.85. The van der Waals surface area contributed by atoms with Crippen LogP contribution in [0.15, 0.2) is 5.16 Å². The van der Waals surface area contributed by atoms with Crippen molar-refractivity contribution in [2.24, 2.45) is 17.0 Å². The van der Waals surface area contributed by atoms with Gasteiger partial charge in [0.25, 0.3) is 0 Å². The number of carbonyl (C=O) groups is 1. The third-order valence-electron chi connectivity index (χ3n) is 2.21. The summed E-state index contributed by atoms with van der Waals surface area (Å²) in [6, 6.07) is 0. The molecule has 0 aliphatic carbocycles. The first kappa shape index (κ1) is 12.9. The number of carboxylic acids is 1. The number of rotatable bonds is 6. The van der Waals surface area contributed by atoms with Gasteiger partial charge in [-0.2, -0.15) is 0 Å². The summed E-state index contributed by atoms with van der Waals surface area (Å²) in [5.74, 6) is -0.426. The molecule has 0 aromatic carbocycles. The number of hydrogen-bond donors (Lipinski definition) is 2. The van der Waals surface area contributed by atoms with Gasteiger partial charge >= 0.3 is 5.97 Å². The highest BCUT2D eigenvalue weighted by Gasteiger charge is 2.11. The van der Waals surface area contributed by atoms with Gasteiger partial charge in [0.05, 0.1) is 5.71 Å². The van der Waals surface area contributed by atoms with Crippen molar-refractivity contribution in [2.45, 2.75) is 40.0 Å². The van der Waals surface area contributed by atoms with Crippen molar-refractivity contribution in [2.75, 3.05) is 0 Å². The molecule has 14 heavy (non-hydrogen) atoms. The summed E-state index contributed by atoms with van der Waals surface area (Å²) in [5, 5.41) is 20.4. The van der Waals surface area contributed by atoms with Crippen LogP contribution in [0.2, 0.25) is 0 Å². The van der Waals surface area contributed by atoms with Gasteiger partial charge in [0.1, 0.15) is 0 Å². The topological polar surface area (TPSA) is 69.9 Å². The van der Waals surface area contributed by atoms with Gasteiger partial charge in [0.2, 0.25) is 0 Å². The number of nitrogens with zero attached hydrogens (tertiary/aromatic N) is 1. The van der Waals surface area contributed by atoms with E-state index in [4.69, 9.17) is 10.3 Å². The molecule has 1 unspecified atom stereocenters. The molecule has 2 N–H and O–H groups in total. The van der Waals surface area contributed by atoms with E-state index in [1.165, 1.54) is 0 Å². The van der Waals surface area contributed by atoms with E-state index in [1.54, 1.807) is 0 Å². The average Bonchev–Trinajstić information content (AvgIpc) is 2.03. The van der Waals surface area contributed by atoms with Crippen LogP contribution >= 0.6 is 0 Å². The van der Waals surface area contributed by atoms with E-state index in [-0.39, 0.29) is 18.3 Å². The van der Waals surface area contributed by atoms with Crippen molar-refractivity contribution in [1.29, 1.82) is 0 Å². The Morgan fingerprint density at radius 1 is 1.36 bits per heavy atom. The third-order valence-corrected chi connectivity index (χ3v) is 2.21. The fraction of sp³-hybridized carbons (Fsp3) is 0.800. The summed E-state index contributed by atoms with van der Waals surface area (Å²) in [5.41, 5.74) is 0.738. The van der Waals surface area contributed by atoms with Crippen LogP contribution in [-0.2, 0) is 4.79 Å². The lowest BCUT2D eigenvalue weighted by Gasteiger charge is -2.11. The molecular weight excluding hydrogens is 182 g/mol. The molecule has 0 amide bonds. The normalized spacial score (nSPS) is 14.4. The molecule has 82 valence electrons. The maximum Gasteiger partial charge on any atom is 0.303 e. The lowest BCUT2D eigenvalue weighted by Crippen LogP contribution is -2.11. The van der Waals surface area contributed by atoms with Gasteiger partial charge < -0.3 is 10.3 Å². The van der Waals surface area contributed by atoms with Crippen molar-refractivity contribution < 1.29 is 15.1 Å². The zero-order chi connectivity index (χ0) is 11.1. The molecule has 0 fully saturated rings. The second-order valence-electron chi connectivity index (χ2n) is 3.99. The van der Waals surface area contributed by atoms with Gasteiger partial charge in [0.15, 0.2) is 0 Å². The van der Waals surface area contributed by atoms with Crippen LogP contribution in [0.1, 0.15) is 40.0 Å². The van der Waals surface area contributed by atoms with Crippen LogP contribution in [0.3, 0.4) is 0 Å². The molecule has 0 rings (SSSR count). The summed E-state index contributed by atoms with van der Waals surface area (Å²) < 4.78 is 0. The Kier molecular flexibility index (Phi) is 5.92. The minimum atomic E-state index is -0.774. The highest BCUT2D eigenvalue weighted by atomic mass is 16.4. The fourth-order valence-corrected chi connectivity index (χ4v) is 1.25. The Hall–Kier alpha value is -1.06. The second-order valence-corrected chi connectivity index (χ2v) is 3.99. The van der Waals surface area contributed by atoms with E-state index in [0.29, 0.717) is 6.42 Å². The zero-order valence-corrected chi connectivity index (χ0v) is 9.03. The average molecular weight is 201 g/mol. The van der Waals surface area contributed by atoms with E-state index < -0.39 is 5.97 Å². The molecule has 0 heterocycles. The molecule has 0 spiro atoms. The molecule has 4 nitrogen and oxygen atoms in total. The van der Waals surface area contributed by atoms with Gasteiger partial charge in [-0.05, 0) is 24.7 Å². The monoisotopic (exact) mass is 201 g/mol. The fourth-order valence-electron chi connectivity index (χ4n) is 1.25. The molecule has 0 saturated carbocycles. The molecule has 0 aliphatic rings. The minimum absolute atomic E-state index is 0.128. The van der Waals surface area contributed by atoms with Gasteiger partial charge in [-0.25, -0.2) is 0 Å². The minimum Gasteiger partial charge on any atom is -0.481 e. The predicted octanol–water partition coefficient (Wildman–Crippen LogP) is 2.36. The summed E-state index contributed by atoms with van der Waals surface area (Å²) in [6.45, 7) is 5.80. The number of aliphatic carboxylic acids is 1.